The van der Waals surface area contributed by atoms with Gasteiger partial charge >= 0.3 is 5.97 Å². The Labute approximate surface area is 123 Å². The molecule has 21 heavy (non-hydrogen) atoms. The van der Waals surface area contributed by atoms with E-state index in [1.807, 2.05) is 6.07 Å². The topological polar surface area (TPSA) is 69.6 Å². The van der Waals surface area contributed by atoms with Gasteiger partial charge in [-0.1, -0.05) is 6.07 Å². The van der Waals surface area contributed by atoms with Gasteiger partial charge in [-0.3, -0.25) is 4.79 Å². The molecular formula is C16H20N2O3. The van der Waals surface area contributed by atoms with E-state index in [0.717, 1.165) is 43.6 Å². The first kappa shape index (κ1) is 14.1. The summed E-state index contributed by atoms with van der Waals surface area (Å²) in [4.78, 5) is 25.6. The van der Waals surface area contributed by atoms with Crippen molar-refractivity contribution in [2.75, 3.05) is 24.5 Å². The van der Waals surface area contributed by atoms with Gasteiger partial charge in [-0.05, 0) is 56.0 Å². The maximum atomic E-state index is 12.5. The van der Waals surface area contributed by atoms with Crippen LogP contribution in [0.4, 0.5) is 5.69 Å². The van der Waals surface area contributed by atoms with Gasteiger partial charge in [-0.2, -0.15) is 0 Å². The third kappa shape index (κ3) is 2.78. The Bertz CT molecular complexity index is 565. The van der Waals surface area contributed by atoms with E-state index < -0.39 is 5.97 Å². The fourth-order valence-corrected chi connectivity index (χ4v) is 3.33. The van der Waals surface area contributed by atoms with Crippen molar-refractivity contribution in [2.45, 2.75) is 25.7 Å². The summed E-state index contributed by atoms with van der Waals surface area (Å²) in [7, 11) is 0. The summed E-state index contributed by atoms with van der Waals surface area (Å²) in [5.74, 6) is -0.390. The van der Waals surface area contributed by atoms with Gasteiger partial charge in [-0.25, -0.2) is 4.79 Å². The van der Waals surface area contributed by atoms with Crippen LogP contribution in [0, 0.1) is 5.92 Å². The average Bonchev–Trinajstić information content (AvgIpc) is 2.98. The van der Waals surface area contributed by atoms with Gasteiger partial charge in [0, 0.05) is 18.7 Å². The second-order valence-corrected chi connectivity index (χ2v) is 5.82. The fraction of sp³-hybridized carbons (Fsp3) is 0.500. The molecule has 1 unspecified atom stereocenters. The monoisotopic (exact) mass is 288 g/mol. The van der Waals surface area contributed by atoms with Crippen LogP contribution in [0.25, 0.3) is 0 Å². The minimum atomic E-state index is -0.916. The van der Waals surface area contributed by atoms with Gasteiger partial charge in [0.1, 0.15) is 0 Å². The molecule has 0 radical (unpaired) electrons. The van der Waals surface area contributed by atoms with Crippen molar-refractivity contribution in [1.82, 2.24) is 5.32 Å². The Kier molecular flexibility index (Phi) is 3.92. The summed E-state index contributed by atoms with van der Waals surface area (Å²) in [6.07, 6.45) is 3.14. The first-order valence-electron chi connectivity index (χ1n) is 7.53. The first-order chi connectivity index (χ1) is 10.2. The van der Waals surface area contributed by atoms with Gasteiger partial charge in [0.25, 0.3) is 0 Å². The van der Waals surface area contributed by atoms with Crippen LogP contribution in [0.1, 0.15) is 35.2 Å². The highest BCUT2D eigenvalue weighted by atomic mass is 16.4. The highest BCUT2D eigenvalue weighted by Crippen LogP contribution is 2.31. The van der Waals surface area contributed by atoms with Crippen molar-refractivity contribution in [3.63, 3.8) is 0 Å². The zero-order valence-corrected chi connectivity index (χ0v) is 12.0. The predicted octanol–water partition coefficient (Wildman–Crippen LogP) is 1.66. The number of fused-ring (bicyclic) bond motifs is 1. The molecule has 5 heteroatoms. The van der Waals surface area contributed by atoms with Crippen LogP contribution in [0.5, 0.6) is 0 Å². The second kappa shape index (κ2) is 5.85. The smallest absolute Gasteiger partial charge is 0.336 e. The maximum Gasteiger partial charge on any atom is 0.336 e. The van der Waals surface area contributed by atoms with Crippen molar-refractivity contribution in [1.29, 1.82) is 0 Å². The molecule has 0 saturated carbocycles. The van der Waals surface area contributed by atoms with Crippen LogP contribution >= 0.6 is 0 Å². The standard InChI is InChI=1S/C16H20N2O3/c19-15(9-11-6-7-17-10-11)18-8-2-4-12-13(16(20)21)3-1-5-14(12)18/h1,3,5,11,17H,2,4,6-10H2,(H,20,21). The lowest BCUT2D eigenvalue weighted by molar-refractivity contribution is -0.119. The molecule has 2 aliphatic rings. The lowest BCUT2D eigenvalue weighted by Gasteiger charge is -2.31. The molecule has 2 aliphatic heterocycles. The molecule has 112 valence electrons. The summed E-state index contributed by atoms with van der Waals surface area (Å²) in [6.45, 7) is 2.58. The predicted molar refractivity (Wildman–Crippen MR) is 79.7 cm³/mol. The number of carboxylic acid groups (broad SMARTS) is 1. The number of aromatic carboxylic acids is 1. The van der Waals surface area contributed by atoms with Crippen molar-refractivity contribution >= 4 is 17.6 Å². The number of benzene rings is 1. The van der Waals surface area contributed by atoms with Crippen LogP contribution in [-0.4, -0.2) is 36.6 Å². The molecule has 1 fully saturated rings. The lowest BCUT2D eigenvalue weighted by Crippen LogP contribution is -2.37. The summed E-state index contributed by atoms with van der Waals surface area (Å²) in [6, 6.07) is 5.22. The van der Waals surface area contributed by atoms with E-state index in [2.05, 4.69) is 5.32 Å². The minimum absolute atomic E-state index is 0.118. The summed E-state index contributed by atoms with van der Waals surface area (Å²) in [5.41, 5.74) is 1.92. The van der Waals surface area contributed by atoms with E-state index in [1.54, 1.807) is 17.0 Å². The Hall–Kier alpha value is -1.88. The Morgan fingerprint density at radius 3 is 2.95 bits per heavy atom. The number of hydrogen-bond acceptors (Lipinski definition) is 3. The molecule has 0 bridgehead atoms. The number of nitrogens with one attached hydrogen (secondary N) is 1. The third-order valence-corrected chi connectivity index (χ3v) is 4.41. The first-order valence-corrected chi connectivity index (χ1v) is 7.53. The average molecular weight is 288 g/mol. The molecule has 1 saturated heterocycles. The number of carboxylic acids is 1. The number of amides is 1. The van der Waals surface area contributed by atoms with E-state index >= 15 is 0 Å². The second-order valence-electron chi connectivity index (χ2n) is 5.82. The normalized spacial score (nSPS) is 21.1. The molecule has 3 rings (SSSR count). The van der Waals surface area contributed by atoms with Crippen molar-refractivity contribution < 1.29 is 14.7 Å². The Balaban J connectivity index is 1.84. The van der Waals surface area contributed by atoms with Crippen molar-refractivity contribution in [3.05, 3.63) is 29.3 Å². The molecular weight excluding hydrogens is 268 g/mol. The zero-order valence-electron chi connectivity index (χ0n) is 12.0. The summed E-state index contributed by atoms with van der Waals surface area (Å²) in [5, 5.41) is 12.6. The van der Waals surface area contributed by atoms with Crippen molar-refractivity contribution in [3.8, 4) is 0 Å². The van der Waals surface area contributed by atoms with Crippen LogP contribution in [0.15, 0.2) is 18.2 Å². The highest BCUT2D eigenvalue weighted by molar-refractivity contribution is 5.98. The fourth-order valence-electron chi connectivity index (χ4n) is 3.33. The molecule has 0 aromatic heterocycles. The number of rotatable bonds is 3. The summed E-state index contributed by atoms with van der Waals surface area (Å²) >= 11 is 0. The Morgan fingerprint density at radius 1 is 1.38 bits per heavy atom. The number of carbonyl (C=O) groups excluding carboxylic acids is 1. The van der Waals surface area contributed by atoms with Crippen LogP contribution in [-0.2, 0) is 11.2 Å². The van der Waals surface area contributed by atoms with E-state index in [9.17, 15) is 14.7 Å². The van der Waals surface area contributed by atoms with E-state index in [-0.39, 0.29) is 5.91 Å². The zero-order chi connectivity index (χ0) is 14.8. The van der Waals surface area contributed by atoms with E-state index in [4.69, 9.17) is 0 Å². The molecule has 0 spiro atoms. The molecule has 1 atom stereocenters. The van der Waals surface area contributed by atoms with Gasteiger partial charge in [0.15, 0.2) is 0 Å². The molecule has 5 nitrogen and oxygen atoms in total. The molecule has 1 aromatic carbocycles. The highest BCUT2D eigenvalue weighted by Gasteiger charge is 2.28. The van der Waals surface area contributed by atoms with Gasteiger partial charge in [0.05, 0.1) is 5.56 Å². The van der Waals surface area contributed by atoms with Crippen molar-refractivity contribution in [2.24, 2.45) is 5.92 Å². The van der Waals surface area contributed by atoms with Crippen LogP contribution in [0.3, 0.4) is 0 Å². The largest absolute Gasteiger partial charge is 0.478 e. The molecule has 2 N–H and O–H groups in total. The maximum absolute atomic E-state index is 12.5. The minimum Gasteiger partial charge on any atom is -0.478 e. The van der Waals surface area contributed by atoms with E-state index in [1.165, 1.54) is 0 Å². The van der Waals surface area contributed by atoms with Gasteiger partial charge in [0.2, 0.25) is 5.91 Å². The van der Waals surface area contributed by atoms with E-state index in [0.29, 0.717) is 24.4 Å². The number of carbonyl (C=O) groups is 2. The van der Waals surface area contributed by atoms with Crippen LogP contribution < -0.4 is 10.2 Å². The molecule has 1 amide bonds. The quantitative estimate of drug-likeness (QED) is 0.887. The molecule has 0 aliphatic carbocycles. The van der Waals surface area contributed by atoms with Gasteiger partial charge in [-0.15, -0.1) is 0 Å². The van der Waals surface area contributed by atoms with Crippen LogP contribution in [0.2, 0.25) is 0 Å². The molecule has 1 aromatic rings. The Morgan fingerprint density at radius 2 is 2.24 bits per heavy atom. The number of nitrogens with zero attached hydrogens (tertiary/aromatic N) is 1. The lowest BCUT2D eigenvalue weighted by atomic mass is 9.95. The summed E-state index contributed by atoms with van der Waals surface area (Å²) < 4.78 is 0. The number of hydrogen-bond donors (Lipinski definition) is 2. The third-order valence-electron chi connectivity index (χ3n) is 4.41. The number of anilines is 1. The molecule has 2 heterocycles. The SMILES string of the molecule is O=C(O)c1cccc2c1CCCN2C(=O)CC1CCNC1. The van der Waals surface area contributed by atoms with Gasteiger partial charge < -0.3 is 15.3 Å².